The summed E-state index contributed by atoms with van der Waals surface area (Å²) in [4.78, 5) is 0. The van der Waals surface area contributed by atoms with Crippen LogP contribution in [0.4, 0.5) is 0 Å². The summed E-state index contributed by atoms with van der Waals surface area (Å²) in [5.41, 5.74) is 1.41. The summed E-state index contributed by atoms with van der Waals surface area (Å²) in [6, 6.07) is 11.2. The molecule has 1 nitrogen and oxygen atoms in total. The average molecular weight is 191 g/mol. The molecule has 0 unspecified atom stereocenters. The fourth-order valence-electron chi connectivity index (χ4n) is 1.64. The third-order valence-corrected chi connectivity index (χ3v) is 2.53. The van der Waals surface area contributed by atoms with Crippen molar-refractivity contribution in [2.75, 3.05) is 6.54 Å². The van der Waals surface area contributed by atoms with Crippen LogP contribution in [0.1, 0.15) is 44.7 Å². The molecule has 1 aromatic carbocycles. The first kappa shape index (κ1) is 11.3. The lowest BCUT2D eigenvalue weighted by Crippen LogP contribution is -2.21. The van der Waals surface area contributed by atoms with Gasteiger partial charge in [0.15, 0.2) is 0 Å². The van der Waals surface area contributed by atoms with Gasteiger partial charge in [0.05, 0.1) is 0 Å². The molecule has 1 N–H and O–H groups in total. The Morgan fingerprint density at radius 2 is 1.86 bits per heavy atom. The Kier molecular flexibility index (Phi) is 5.31. The molecule has 14 heavy (non-hydrogen) atoms. The second kappa shape index (κ2) is 6.61. The van der Waals surface area contributed by atoms with Crippen LogP contribution in [0.2, 0.25) is 0 Å². The van der Waals surface area contributed by atoms with Gasteiger partial charge < -0.3 is 5.32 Å². The lowest BCUT2D eigenvalue weighted by molar-refractivity contribution is 0.508. The predicted octanol–water partition coefficient (Wildman–Crippen LogP) is 3.53. The highest BCUT2D eigenvalue weighted by Gasteiger charge is 2.06. The van der Waals surface area contributed by atoms with Gasteiger partial charge in [-0.1, -0.05) is 50.6 Å². The van der Waals surface area contributed by atoms with Gasteiger partial charge in [0.2, 0.25) is 0 Å². The minimum atomic E-state index is 0.530. The van der Waals surface area contributed by atoms with Crippen LogP contribution in [0, 0.1) is 0 Å². The average Bonchev–Trinajstić information content (AvgIpc) is 2.26. The molecule has 0 aliphatic heterocycles. The number of nitrogens with one attached hydrogen (secondary N) is 1. The second-order valence-corrected chi connectivity index (χ2v) is 3.68. The van der Waals surface area contributed by atoms with Crippen molar-refractivity contribution < 1.29 is 0 Å². The molecule has 1 heteroatoms. The minimum absolute atomic E-state index is 0.530. The smallest absolute Gasteiger partial charge is 0.0317 e. The highest BCUT2D eigenvalue weighted by Crippen LogP contribution is 2.15. The molecule has 1 rings (SSSR count). The van der Waals surface area contributed by atoms with Crippen molar-refractivity contribution in [1.29, 1.82) is 0 Å². The first-order chi connectivity index (χ1) is 6.88. The van der Waals surface area contributed by atoms with Gasteiger partial charge >= 0.3 is 0 Å². The Morgan fingerprint density at radius 1 is 1.14 bits per heavy atom. The fraction of sp³-hybridized carbons (Fsp3) is 0.538. The van der Waals surface area contributed by atoms with E-state index in [0.29, 0.717) is 6.04 Å². The molecular weight excluding hydrogens is 170 g/mol. The standard InChI is InChI=1S/C13H21N/c1-3-5-11-14-13(4-2)12-9-7-6-8-10-12/h6-10,13-14H,3-5,11H2,1-2H3/t13-/m1/s1. The number of benzene rings is 1. The molecule has 0 heterocycles. The van der Waals surface area contributed by atoms with E-state index in [2.05, 4.69) is 49.5 Å². The quantitative estimate of drug-likeness (QED) is 0.678. The molecule has 1 aromatic rings. The van der Waals surface area contributed by atoms with Gasteiger partial charge in [-0.2, -0.15) is 0 Å². The molecule has 0 fully saturated rings. The molecule has 0 aliphatic rings. The van der Waals surface area contributed by atoms with Crippen molar-refractivity contribution in [2.45, 2.75) is 39.2 Å². The fourth-order valence-corrected chi connectivity index (χ4v) is 1.64. The zero-order valence-electron chi connectivity index (χ0n) is 9.29. The molecule has 0 aliphatic carbocycles. The Morgan fingerprint density at radius 3 is 2.43 bits per heavy atom. The minimum Gasteiger partial charge on any atom is -0.310 e. The molecule has 0 spiro atoms. The molecule has 0 saturated carbocycles. The molecule has 1 atom stereocenters. The zero-order chi connectivity index (χ0) is 10.2. The van der Waals surface area contributed by atoms with Gasteiger partial charge in [-0.05, 0) is 24.9 Å². The van der Waals surface area contributed by atoms with Crippen LogP contribution in [0.25, 0.3) is 0 Å². The second-order valence-electron chi connectivity index (χ2n) is 3.68. The number of unbranched alkanes of at least 4 members (excludes halogenated alkanes) is 1. The third-order valence-electron chi connectivity index (χ3n) is 2.53. The summed E-state index contributed by atoms with van der Waals surface area (Å²) in [5.74, 6) is 0. The monoisotopic (exact) mass is 191 g/mol. The van der Waals surface area contributed by atoms with E-state index in [0.717, 1.165) is 13.0 Å². The van der Waals surface area contributed by atoms with E-state index in [1.807, 2.05) is 0 Å². The van der Waals surface area contributed by atoms with Gasteiger partial charge in [-0.3, -0.25) is 0 Å². The Labute approximate surface area is 87.5 Å². The summed E-state index contributed by atoms with van der Waals surface area (Å²) in [6.45, 7) is 5.59. The lowest BCUT2D eigenvalue weighted by Gasteiger charge is -2.16. The van der Waals surface area contributed by atoms with Crippen molar-refractivity contribution in [3.63, 3.8) is 0 Å². The van der Waals surface area contributed by atoms with Crippen LogP contribution in [0.5, 0.6) is 0 Å². The Bertz CT molecular complexity index is 230. The highest BCUT2D eigenvalue weighted by atomic mass is 14.9. The largest absolute Gasteiger partial charge is 0.310 e. The third kappa shape index (κ3) is 3.51. The van der Waals surface area contributed by atoms with Gasteiger partial charge in [-0.25, -0.2) is 0 Å². The van der Waals surface area contributed by atoms with E-state index in [4.69, 9.17) is 0 Å². The molecule has 0 radical (unpaired) electrons. The number of hydrogen-bond donors (Lipinski definition) is 1. The SMILES string of the molecule is CCCCN[C@H](CC)c1ccccc1. The molecule has 78 valence electrons. The van der Waals surface area contributed by atoms with Crippen molar-refractivity contribution in [1.82, 2.24) is 5.32 Å². The van der Waals surface area contributed by atoms with E-state index in [1.54, 1.807) is 0 Å². The van der Waals surface area contributed by atoms with Crippen molar-refractivity contribution in [3.8, 4) is 0 Å². The number of hydrogen-bond acceptors (Lipinski definition) is 1. The van der Waals surface area contributed by atoms with E-state index >= 15 is 0 Å². The van der Waals surface area contributed by atoms with Crippen molar-refractivity contribution in [2.24, 2.45) is 0 Å². The maximum atomic E-state index is 3.59. The molecular formula is C13H21N. The van der Waals surface area contributed by atoms with Crippen molar-refractivity contribution >= 4 is 0 Å². The van der Waals surface area contributed by atoms with Crippen LogP contribution in [-0.2, 0) is 0 Å². The van der Waals surface area contributed by atoms with Crippen molar-refractivity contribution in [3.05, 3.63) is 35.9 Å². The number of rotatable bonds is 6. The van der Waals surface area contributed by atoms with E-state index < -0.39 is 0 Å². The summed E-state index contributed by atoms with van der Waals surface area (Å²) in [7, 11) is 0. The van der Waals surface area contributed by atoms with Gasteiger partial charge in [0.1, 0.15) is 0 Å². The molecule has 0 bridgehead atoms. The van der Waals surface area contributed by atoms with Crippen LogP contribution in [-0.4, -0.2) is 6.54 Å². The topological polar surface area (TPSA) is 12.0 Å². The summed E-state index contributed by atoms with van der Waals surface area (Å²) in [5, 5.41) is 3.59. The summed E-state index contributed by atoms with van der Waals surface area (Å²) < 4.78 is 0. The van der Waals surface area contributed by atoms with Crippen LogP contribution in [0.3, 0.4) is 0 Å². The van der Waals surface area contributed by atoms with E-state index in [-0.39, 0.29) is 0 Å². The van der Waals surface area contributed by atoms with Crippen LogP contribution < -0.4 is 5.32 Å². The maximum absolute atomic E-state index is 3.59. The lowest BCUT2D eigenvalue weighted by atomic mass is 10.0. The zero-order valence-corrected chi connectivity index (χ0v) is 9.29. The predicted molar refractivity (Wildman–Crippen MR) is 62.4 cm³/mol. The van der Waals surface area contributed by atoms with Gasteiger partial charge in [0.25, 0.3) is 0 Å². The first-order valence-corrected chi connectivity index (χ1v) is 5.66. The van der Waals surface area contributed by atoms with E-state index in [9.17, 15) is 0 Å². The maximum Gasteiger partial charge on any atom is 0.0317 e. The van der Waals surface area contributed by atoms with Crippen LogP contribution in [0.15, 0.2) is 30.3 Å². The normalized spacial score (nSPS) is 12.7. The van der Waals surface area contributed by atoms with Gasteiger partial charge in [0, 0.05) is 6.04 Å². The molecule has 0 saturated heterocycles. The van der Waals surface area contributed by atoms with E-state index in [1.165, 1.54) is 18.4 Å². The highest BCUT2D eigenvalue weighted by molar-refractivity contribution is 5.18. The molecule has 0 aromatic heterocycles. The Hall–Kier alpha value is -0.820. The summed E-state index contributed by atoms with van der Waals surface area (Å²) in [6.07, 6.45) is 3.69. The first-order valence-electron chi connectivity index (χ1n) is 5.66. The van der Waals surface area contributed by atoms with Crippen LogP contribution >= 0.6 is 0 Å². The Balaban J connectivity index is 2.46. The molecule has 0 amide bonds. The van der Waals surface area contributed by atoms with Gasteiger partial charge in [-0.15, -0.1) is 0 Å². The summed E-state index contributed by atoms with van der Waals surface area (Å²) >= 11 is 0.